The second-order valence-electron chi connectivity index (χ2n) is 3.68. The van der Waals surface area contributed by atoms with Crippen molar-refractivity contribution in [1.82, 2.24) is 5.32 Å². The second-order valence-corrected chi connectivity index (χ2v) is 3.68. The molecule has 0 saturated heterocycles. The van der Waals surface area contributed by atoms with Gasteiger partial charge in [-0.2, -0.15) is 0 Å². The van der Waals surface area contributed by atoms with Crippen LogP contribution in [0.15, 0.2) is 24.3 Å². The minimum absolute atomic E-state index is 0.0393. The topological polar surface area (TPSA) is 49.3 Å². The van der Waals surface area contributed by atoms with Crippen LogP contribution in [-0.2, 0) is 11.3 Å². The Morgan fingerprint density at radius 2 is 2.21 bits per heavy atom. The molecule has 0 saturated carbocycles. The Bertz CT molecular complexity index is 362. The van der Waals surface area contributed by atoms with Gasteiger partial charge in [-0.25, -0.2) is 0 Å². The molecule has 2 atom stereocenters. The van der Waals surface area contributed by atoms with E-state index in [2.05, 4.69) is 5.32 Å². The number of carbonyl (C=O) groups is 1. The van der Waals surface area contributed by atoms with Crippen LogP contribution in [0.25, 0.3) is 0 Å². The quantitative estimate of drug-likeness (QED) is 0.704. The number of hydrogen-bond acceptors (Lipinski definition) is 2. The molecule has 14 heavy (non-hydrogen) atoms. The Morgan fingerprint density at radius 3 is 2.93 bits per heavy atom. The molecule has 1 heterocycles. The third kappa shape index (κ3) is 1.40. The van der Waals surface area contributed by atoms with E-state index < -0.39 is 12.0 Å². The van der Waals surface area contributed by atoms with Crippen LogP contribution < -0.4 is 5.32 Å². The normalized spacial score (nSPS) is 25.5. The zero-order valence-corrected chi connectivity index (χ0v) is 8.03. The summed E-state index contributed by atoms with van der Waals surface area (Å²) in [4.78, 5) is 10.9. The molecular formula is C11H13NO2. The first-order valence-corrected chi connectivity index (χ1v) is 4.74. The predicted molar refractivity (Wildman–Crippen MR) is 53.1 cm³/mol. The molecular weight excluding hydrogens is 178 g/mol. The lowest BCUT2D eigenvalue weighted by Crippen LogP contribution is -2.43. The van der Waals surface area contributed by atoms with Gasteiger partial charge in [0.25, 0.3) is 0 Å². The summed E-state index contributed by atoms with van der Waals surface area (Å²) in [6.45, 7) is 2.60. The maximum absolute atomic E-state index is 10.9. The third-order valence-corrected chi connectivity index (χ3v) is 2.82. The van der Waals surface area contributed by atoms with Crippen LogP contribution in [0, 0.1) is 0 Å². The number of hydrogen-bond donors (Lipinski definition) is 2. The van der Waals surface area contributed by atoms with Crippen molar-refractivity contribution in [3.05, 3.63) is 35.4 Å². The molecule has 1 aliphatic rings. The van der Waals surface area contributed by atoms with Crippen molar-refractivity contribution in [2.24, 2.45) is 0 Å². The fourth-order valence-electron chi connectivity index (χ4n) is 2.02. The van der Waals surface area contributed by atoms with Gasteiger partial charge in [0.05, 0.1) is 0 Å². The van der Waals surface area contributed by atoms with E-state index in [4.69, 9.17) is 5.11 Å². The molecule has 2 rings (SSSR count). The van der Waals surface area contributed by atoms with Gasteiger partial charge in [0.15, 0.2) is 0 Å². The maximum Gasteiger partial charge on any atom is 0.321 e. The lowest BCUT2D eigenvalue weighted by atomic mass is 9.86. The lowest BCUT2D eigenvalue weighted by Gasteiger charge is -2.29. The van der Waals surface area contributed by atoms with Crippen LogP contribution in [0.5, 0.6) is 0 Å². The van der Waals surface area contributed by atoms with Crippen molar-refractivity contribution >= 4 is 5.97 Å². The monoisotopic (exact) mass is 191 g/mol. The summed E-state index contributed by atoms with van der Waals surface area (Å²) < 4.78 is 0. The number of fused-ring (bicyclic) bond motifs is 1. The summed E-state index contributed by atoms with van der Waals surface area (Å²) in [7, 11) is 0. The first-order valence-electron chi connectivity index (χ1n) is 4.74. The molecule has 1 aromatic rings. The average molecular weight is 191 g/mol. The zero-order valence-electron chi connectivity index (χ0n) is 8.03. The van der Waals surface area contributed by atoms with Crippen LogP contribution in [-0.4, -0.2) is 17.1 Å². The van der Waals surface area contributed by atoms with E-state index in [1.807, 2.05) is 31.2 Å². The van der Waals surface area contributed by atoms with Crippen LogP contribution in [0.1, 0.15) is 24.0 Å². The first kappa shape index (κ1) is 9.21. The van der Waals surface area contributed by atoms with E-state index in [1.165, 1.54) is 5.56 Å². The molecule has 1 aromatic carbocycles. The molecule has 1 aliphatic heterocycles. The highest BCUT2D eigenvalue weighted by atomic mass is 16.4. The molecule has 0 radical (unpaired) electrons. The molecule has 0 aromatic heterocycles. The number of carboxylic acids is 1. The smallest absolute Gasteiger partial charge is 0.321 e. The fourth-order valence-corrected chi connectivity index (χ4v) is 2.02. The van der Waals surface area contributed by atoms with Crippen LogP contribution in [0.3, 0.4) is 0 Å². The fraction of sp³-hybridized carbons (Fsp3) is 0.364. The maximum atomic E-state index is 10.9. The van der Waals surface area contributed by atoms with E-state index in [9.17, 15) is 4.79 Å². The van der Waals surface area contributed by atoms with Crippen molar-refractivity contribution in [1.29, 1.82) is 0 Å². The number of rotatable bonds is 1. The minimum Gasteiger partial charge on any atom is -0.480 e. The van der Waals surface area contributed by atoms with Crippen molar-refractivity contribution in [3.8, 4) is 0 Å². The van der Waals surface area contributed by atoms with Gasteiger partial charge in [-0.3, -0.25) is 10.1 Å². The Hall–Kier alpha value is -1.35. The summed E-state index contributed by atoms with van der Waals surface area (Å²) in [5.41, 5.74) is 2.36. The Morgan fingerprint density at radius 1 is 1.50 bits per heavy atom. The molecule has 0 bridgehead atoms. The highest BCUT2D eigenvalue weighted by molar-refractivity contribution is 5.75. The molecule has 0 fully saturated rings. The van der Waals surface area contributed by atoms with E-state index >= 15 is 0 Å². The predicted octanol–water partition coefficient (Wildman–Crippen LogP) is 1.35. The van der Waals surface area contributed by atoms with Crippen molar-refractivity contribution in [2.75, 3.05) is 0 Å². The number of nitrogens with one attached hydrogen (secondary N) is 1. The van der Waals surface area contributed by atoms with E-state index in [0.29, 0.717) is 6.54 Å². The Kier molecular flexibility index (Phi) is 2.25. The van der Waals surface area contributed by atoms with Gasteiger partial charge in [-0.1, -0.05) is 31.2 Å². The highest BCUT2D eigenvalue weighted by Gasteiger charge is 2.30. The second kappa shape index (κ2) is 3.42. The molecule has 3 heteroatoms. The highest BCUT2D eigenvalue weighted by Crippen LogP contribution is 2.27. The van der Waals surface area contributed by atoms with Gasteiger partial charge in [0, 0.05) is 12.5 Å². The molecule has 0 aliphatic carbocycles. The first-order chi connectivity index (χ1) is 6.70. The zero-order chi connectivity index (χ0) is 10.1. The standard InChI is InChI=1S/C11H13NO2/c1-7-9-5-3-2-4-8(9)6-12-10(7)11(13)14/h2-5,7,10,12H,6H2,1H3,(H,13,14)/t7-,10+/m0/s1. The van der Waals surface area contributed by atoms with Crippen LogP contribution in [0.4, 0.5) is 0 Å². The van der Waals surface area contributed by atoms with Crippen LogP contribution >= 0.6 is 0 Å². The third-order valence-electron chi connectivity index (χ3n) is 2.82. The van der Waals surface area contributed by atoms with E-state index in [1.54, 1.807) is 0 Å². The van der Waals surface area contributed by atoms with Gasteiger partial charge in [0.2, 0.25) is 0 Å². The molecule has 2 N–H and O–H groups in total. The number of benzene rings is 1. The number of carboxylic acid groups (broad SMARTS) is 1. The van der Waals surface area contributed by atoms with Gasteiger partial charge < -0.3 is 5.11 Å². The summed E-state index contributed by atoms with van der Waals surface area (Å²) >= 11 is 0. The van der Waals surface area contributed by atoms with Crippen molar-refractivity contribution in [3.63, 3.8) is 0 Å². The molecule has 0 spiro atoms. The summed E-state index contributed by atoms with van der Waals surface area (Å²) in [6, 6.07) is 7.53. The lowest BCUT2D eigenvalue weighted by molar-refractivity contribution is -0.140. The molecule has 3 nitrogen and oxygen atoms in total. The molecule has 0 amide bonds. The van der Waals surface area contributed by atoms with Crippen molar-refractivity contribution in [2.45, 2.75) is 25.4 Å². The summed E-state index contributed by atoms with van der Waals surface area (Å²) in [5, 5.41) is 12.0. The molecule has 74 valence electrons. The largest absolute Gasteiger partial charge is 0.480 e. The Balaban J connectivity index is 2.36. The summed E-state index contributed by atoms with van der Waals surface area (Å²) in [6.07, 6.45) is 0. The molecule has 0 unspecified atom stereocenters. The van der Waals surface area contributed by atoms with E-state index in [0.717, 1.165) is 5.56 Å². The average Bonchev–Trinajstić information content (AvgIpc) is 2.18. The van der Waals surface area contributed by atoms with E-state index in [-0.39, 0.29) is 5.92 Å². The Labute approximate surface area is 82.8 Å². The minimum atomic E-state index is -0.771. The van der Waals surface area contributed by atoms with Gasteiger partial charge in [-0.05, 0) is 11.1 Å². The summed E-state index contributed by atoms with van der Waals surface area (Å²) in [5.74, 6) is -0.732. The van der Waals surface area contributed by atoms with Gasteiger partial charge in [0.1, 0.15) is 6.04 Å². The number of aliphatic carboxylic acids is 1. The van der Waals surface area contributed by atoms with Gasteiger partial charge in [-0.15, -0.1) is 0 Å². The van der Waals surface area contributed by atoms with Crippen LogP contribution in [0.2, 0.25) is 0 Å². The van der Waals surface area contributed by atoms with Crippen molar-refractivity contribution < 1.29 is 9.90 Å². The SMILES string of the molecule is C[C@H]1c2ccccc2CN[C@H]1C(=O)O. The van der Waals surface area contributed by atoms with Gasteiger partial charge >= 0.3 is 5.97 Å².